The lowest BCUT2D eigenvalue weighted by Gasteiger charge is -2.22. The van der Waals surface area contributed by atoms with Gasteiger partial charge in [0.05, 0.1) is 7.11 Å². The number of hydrogen-bond acceptors (Lipinski definition) is 3. The van der Waals surface area contributed by atoms with E-state index in [2.05, 4.69) is 5.32 Å². The molecule has 0 spiro atoms. The fraction of sp³-hybridized carbons (Fsp3) is 0.538. The Morgan fingerprint density at radius 1 is 1.41 bits per heavy atom. The van der Waals surface area contributed by atoms with Gasteiger partial charge in [-0.25, -0.2) is 0 Å². The summed E-state index contributed by atoms with van der Waals surface area (Å²) in [6.45, 7) is 5.61. The highest BCUT2D eigenvalue weighted by Gasteiger charge is 2.15. The summed E-state index contributed by atoms with van der Waals surface area (Å²) in [5.41, 5.74) is 0.917. The van der Waals surface area contributed by atoms with Crippen LogP contribution in [-0.4, -0.2) is 25.4 Å². The first kappa shape index (κ1) is 14.3. The largest absolute Gasteiger partial charge is 0.497 e. The highest BCUT2D eigenvalue weighted by Crippen LogP contribution is 2.22. The van der Waals surface area contributed by atoms with Crippen LogP contribution >= 0.6 is 11.6 Å². The van der Waals surface area contributed by atoms with E-state index in [1.54, 1.807) is 13.2 Å². The van der Waals surface area contributed by atoms with Gasteiger partial charge in [-0.1, -0.05) is 31.5 Å². The van der Waals surface area contributed by atoms with Gasteiger partial charge in [0.15, 0.2) is 0 Å². The van der Waals surface area contributed by atoms with Crippen molar-refractivity contribution in [3.8, 4) is 5.75 Å². The molecule has 0 heterocycles. The maximum absolute atomic E-state index is 9.13. The first-order valence-corrected chi connectivity index (χ1v) is 6.00. The molecule has 1 aromatic rings. The molecular formula is C13H20ClNO2. The van der Waals surface area contributed by atoms with Gasteiger partial charge in [-0.3, -0.25) is 0 Å². The van der Waals surface area contributed by atoms with Crippen LogP contribution in [0, 0.1) is 5.41 Å². The molecule has 0 aliphatic heterocycles. The summed E-state index contributed by atoms with van der Waals surface area (Å²) in [5, 5.41) is 13.1. The summed E-state index contributed by atoms with van der Waals surface area (Å²) in [6, 6.07) is 5.63. The third kappa shape index (κ3) is 4.54. The Hall–Kier alpha value is -0.770. The number of rotatable bonds is 6. The number of ether oxygens (including phenoxy) is 1. The predicted molar refractivity (Wildman–Crippen MR) is 70.6 cm³/mol. The van der Waals surface area contributed by atoms with E-state index in [0.717, 1.165) is 17.9 Å². The third-order valence-corrected chi connectivity index (χ3v) is 2.96. The Morgan fingerprint density at radius 2 is 2.12 bits per heavy atom. The fourth-order valence-corrected chi connectivity index (χ4v) is 1.63. The molecule has 0 atom stereocenters. The molecule has 2 N–H and O–H groups in total. The Bertz CT molecular complexity index is 366. The maximum atomic E-state index is 9.13. The zero-order chi connectivity index (χ0) is 12.9. The number of hydrogen-bond donors (Lipinski definition) is 2. The summed E-state index contributed by atoms with van der Waals surface area (Å²) in [7, 11) is 1.62. The van der Waals surface area contributed by atoms with Crippen molar-refractivity contribution in [2.75, 3.05) is 20.3 Å². The molecule has 0 amide bonds. The molecule has 0 radical (unpaired) electrons. The average Bonchev–Trinajstić information content (AvgIpc) is 2.31. The van der Waals surface area contributed by atoms with Crippen LogP contribution in [0.1, 0.15) is 19.4 Å². The number of aliphatic hydroxyl groups is 1. The second kappa shape index (κ2) is 6.24. The smallest absolute Gasteiger partial charge is 0.120 e. The van der Waals surface area contributed by atoms with Crippen molar-refractivity contribution >= 4 is 11.6 Å². The van der Waals surface area contributed by atoms with Gasteiger partial charge in [-0.05, 0) is 17.7 Å². The molecule has 1 aromatic carbocycles. The number of aliphatic hydroxyl groups excluding tert-OH is 1. The van der Waals surface area contributed by atoms with Crippen molar-refractivity contribution in [2.45, 2.75) is 20.4 Å². The van der Waals surface area contributed by atoms with Crippen molar-refractivity contribution in [3.05, 3.63) is 28.8 Å². The molecule has 1 rings (SSSR count). The second-order valence-electron chi connectivity index (χ2n) is 4.88. The Labute approximate surface area is 108 Å². The second-order valence-corrected chi connectivity index (χ2v) is 5.29. The van der Waals surface area contributed by atoms with E-state index in [-0.39, 0.29) is 12.0 Å². The van der Waals surface area contributed by atoms with Crippen LogP contribution in [0.15, 0.2) is 18.2 Å². The number of halogens is 1. The molecule has 0 saturated heterocycles. The van der Waals surface area contributed by atoms with Gasteiger partial charge < -0.3 is 15.2 Å². The van der Waals surface area contributed by atoms with Crippen molar-refractivity contribution in [2.24, 2.45) is 5.41 Å². The van der Waals surface area contributed by atoms with Gasteiger partial charge in [0.1, 0.15) is 5.75 Å². The number of benzene rings is 1. The highest BCUT2D eigenvalue weighted by atomic mass is 35.5. The zero-order valence-corrected chi connectivity index (χ0v) is 11.3. The molecule has 0 fully saturated rings. The van der Waals surface area contributed by atoms with Gasteiger partial charge in [0.2, 0.25) is 0 Å². The maximum Gasteiger partial charge on any atom is 0.120 e. The Balaban J connectivity index is 2.52. The van der Waals surface area contributed by atoms with Gasteiger partial charge in [-0.15, -0.1) is 0 Å². The van der Waals surface area contributed by atoms with Gasteiger partial charge >= 0.3 is 0 Å². The summed E-state index contributed by atoms with van der Waals surface area (Å²) >= 11 is 6.12. The van der Waals surface area contributed by atoms with Crippen LogP contribution in [-0.2, 0) is 6.54 Å². The minimum Gasteiger partial charge on any atom is -0.497 e. The summed E-state index contributed by atoms with van der Waals surface area (Å²) in [6.07, 6.45) is 0. The lowest BCUT2D eigenvalue weighted by atomic mass is 9.95. The predicted octanol–water partition coefficient (Wildman–Crippen LogP) is 2.46. The molecular weight excluding hydrogens is 238 g/mol. The van der Waals surface area contributed by atoms with E-state index >= 15 is 0 Å². The topological polar surface area (TPSA) is 41.5 Å². The SMILES string of the molecule is COc1ccc(CNCC(C)(C)CO)c(Cl)c1. The fourth-order valence-electron chi connectivity index (χ4n) is 1.39. The number of methoxy groups -OCH3 is 1. The summed E-state index contributed by atoms with van der Waals surface area (Å²) in [5.74, 6) is 0.759. The van der Waals surface area contributed by atoms with Gasteiger partial charge in [0, 0.05) is 30.1 Å². The van der Waals surface area contributed by atoms with Crippen molar-refractivity contribution < 1.29 is 9.84 Å². The van der Waals surface area contributed by atoms with Crippen LogP contribution in [0.2, 0.25) is 5.02 Å². The van der Waals surface area contributed by atoms with Gasteiger partial charge in [-0.2, -0.15) is 0 Å². The number of nitrogens with one attached hydrogen (secondary N) is 1. The van der Waals surface area contributed by atoms with E-state index < -0.39 is 0 Å². The highest BCUT2D eigenvalue weighted by molar-refractivity contribution is 6.31. The van der Waals surface area contributed by atoms with E-state index in [1.165, 1.54) is 0 Å². The minimum atomic E-state index is -0.112. The molecule has 96 valence electrons. The average molecular weight is 258 g/mol. The van der Waals surface area contributed by atoms with E-state index in [4.69, 9.17) is 21.4 Å². The van der Waals surface area contributed by atoms with E-state index in [1.807, 2.05) is 26.0 Å². The lowest BCUT2D eigenvalue weighted by Crippen LogP contribution is -2.31. The molecule has 0 bridgehead atoms. The van der Waals surface area contributed by atoms with Gasteiger partial charge in [0.25, 0.3) is 0 Å². The van der Waals surface area contributed by atoms with Crippen molar-refractivity contribution in [1.29, 1.82) is 0 Å². The molecule has 4 heteroatoms. The Kier molecular flexibility index (Phi) is 5.25. The van der Waals surface area contributed by atoms with Crippen LogP contribution in [0.25, 0.3) is 0 Å². The van der Waals surface area contributed by atoms with Crippen molar-refractivity contribution in [3.63, 3.8) is 0 Å². The summed E-state index contributed by atoms with van der Waals surface area (Å²) in [4.78, 5) is 0. The molecule has 0 aliphatic carbocycles. The molecule has 0 aromatic heterocycles. The summed E-state index contributed by atoms with van der Waals surface area (Å²) < 4.78 is 5.09. The van der Waals surface area contributed by atoms with Crippen LogP contribution in [0.3, 0.4) is 0 Å². The minimum absolute atomic E-state index is 0.112. The lowest BCUT2D eigenvalue weighted by molar-refractivity contribution is 0.156. The monoisotopic (exact) mass is 257 g/mol. The quantitative estimate of drug-likeness (QED) is 0.823. The van der Waals surface area contributed by atoms with Crippen LogP contribution in [0.4, 0.5) is 0 Å². The molecule has 0 saturated carbocycles. The molecule has 3 nitrogen and oxygen atoms in total. The normalized spacial score (nSPS) is 11.6. The zero-order valence-electron chi connectivity index (χ0n) is 10.6. The third-order valence-electron chi connectivity index (χ3n) is 2.61. The first-order chi connectivity index (χ1) is 7.98. The molecule has 0 aliphatic rings. The molecule has 17 heavy (non-hydrogen) atoms. The van der Waals surface area contributed by atoms with Crippen molar-refractivity contribution in [1.82, 2.24) is 5.32 Å². The molecule has 0 unspecified atom stereocenters. The standard InChI is InChI=1S/C13H20ClNO2/c1-13(2,9-16)8-15-7-10-4-5-11(17-3)6-12(10)14/h4-6,15-16H,7-9H2,1-3H3. The van der Waals surface area contributed by atoms with E-state index in [0.29, 0.717) is 11.6 Å². The van der Waals surface area contributed by atoms with Crippen LogP contribution in [0.5, 0.6) is 5.75 Å². The first-order valence-electron chi connectivity index (χ1n) is 5.62. The Morgan fingerprint density at radius 3 is 2.65 bits per heavy atom. The van der Waals surface area contributed by atoms with E-state index in [9.17, 15) is 0 Å². The van der Waals surface area contributed by atoms with Crippen LogP contribution < -0.4 is 10.1 Å².